The molecule has 2 atom stereocenters. The molecule has 0 aromatic carbocycles. The molecule has 1 N–H and O–H groups in total. The number of nitrogens with one attached hydrogen (secondary N) is 1. The molecular weight excluding hydrogens is 264 g/mol. The van der Waals surface area contributed by atoms with E-state index in [1.807, 2.05) is 7.05 Å². The molecule has 2 aliphatic carbocycles. The SMILES string of the molecule is CCN(C1CCCCC1)C1CCCC(NC)(C(=O)OC)C1. The molecule has 0 saturated heterocycles. The first-order chi connectivity index (χ1) is 10.2. The van der Waals surface area contributed by atoms with Crippen molar-refractivity contribution in [3.63, 3.8) is 0 Å². The molecule has 21 heavy (non-hydrogen) atoms. The van der Waals surface area contributed by atoms with Crippen LogP contribution in [0.2, 0.25) is 0 Å². The maximum absolute atomic E-state index is 12.2. The third-order valence-corrected chi connectivity index (χ3v) is 5.66. The van der Waals surface area contributed by atoms with Gasteiger partial charge in [-0.25, -0.2) is 0 Å². The summed E-state index contributed by atoms with van der Waals surface area (Å²) in [6, 6.07) is 1.23. The lowest BCUT2D eigenvalue weighted by atomic mass is 9.77. The van der Waals surface area contributed by atoms with Crippen LogP contribution in [0.3, 0.4) is 0 Å². The minimum absolute atomic E-state index is 0.0885. The molecule has 2 unspecified atom stereocenters. The number of nitrogens with zero attached hydrogens (tertiary/aromatic N) is 1. The second-order valence-electron chi connectivity index (χ2n) is 6.70. The van der Waals surface area contributed by atoms with Crippen LogP contribution in [0.5, 0.6) is 0 Å². The number of hydrogen-bond acceptors (Lipinski definition) is 4. The van der Waals surface area contributed by atoms with Gasteiger partial charge >= 0.3 is 5.97 Å². The van der Waals surface area contributed by atoms with Gasteiger partial charge in [-0.1, -0.05) is 26.2 Å². The Balaban J connectivity index is 2.08. The summed E-state index contributed by atoms with van der Waals surface area (Å²) in [6.07, 6.45) is 10.9. The number of methoxy groups -OCH3 is 1. The molecular formula is C17H32N2O2. The van der Waals surface area contributed by atoms with Crippen molar-refractivity contribution in [2.75, 3.05) is 20.7 Å². The summed E-state index contributed by atoms with van der Waals surface area (Å²) >= 11 is 0. The minimum Gasteiger partial charge on any atom is -0.468 e. The molecule has 2 fully saturated rings. The van der Waals surface area contributed by atoms with Crippen LogP contribution >= 0.6 is 0 Å². The topological polar surface area (TPSA) is 41.6 Å². The smallest absolute Gasteiger partial charge is 0.326 e. The number of esters is 1. The van der Waals surface area contributed by atoms with E-state index in [1.54, 1.807) is 0 Å². The maximum atomic E-state index is 12.2. The monoisotopic (exact) mass is 296 g/mol. The Hall–Kier alpha value is -0.610. The lowest BCUT2D eigenvalue weighted by Gasteiger charge is -2.46. The van der Waals surface area contributed by atoms with Gasteiger partial charge in [0.15, 0.2) is 0 Å². The van der Waals surface area contributed by atoms with E-state index in [0.29, 0.717) is 6.04 Å². The summed E-state index contributed by atoms with van der Waals surface area (Å²) in [4.78, 5) is 14.9. The number of ether oxygens (including phenoxy) is 1. The summed E-state index contributed by atoms with van der Waals surface area (Å²) in [7, 11) is 3.40. The number of hydrogen-bond donors (Lipinski definition) is 1. The first kappa shape index (κ1) is 16.8. The van der Waals surface area contributed by atoms with E-state index < -0.39 is 5.54 Å². The van der Waals surface area contributed by atoms with Crippen molar-refractivity contribution >= 4 is 5.97 Å². The summed E-state index contributed by atoms with van der Waals surface area (Å²) in [5.74, 6) is -0.0885. The highest BCUT2D eigenvalue weighted by Crippen LogP contribution is 2.35. The number of carbonyl (C=O) groups excluding carboxylic acids is 1. The van der Waals surface area contributed by atoms with E-state index in [-0.39, 0.29) is 5.97 Å². The molecule has 0 aromatic heterocycles. The van der Waals surface area contributed by atoms with Gasteiger partial charge in [-0.05, 0) is 52.1 Å². The first-order valence-corrected chi connectivity index (χ1v) is 8.70. The van der Waals surface area contributed by atoms with Crippen LogP contribution in [0.25, 0.3) is 0 Å². The molecule has 2 aliphatic rings. The lowest BCUT2D eigenvalue weighted by molar-refractivity contribution is -0.151. The number of carbonyl (C=O) groups is 1. The van der Waals surface area contributed by atoms with Gasteiger partial charge in [0, 0.05) is 12.1 Å². The zero-order chi connectivity index (χ0) is 15.3. The molecule has 0 radical (unpaired) electrons. The Kier molecular flexibility index (Phi) is 6.06. The molecule has 0 aromatic rings. The Morgan fingerprint density at radius 2 is 1.86 bits per heavy atom. The van der Waals surface area contributed by atoms with Crippen molar-refractivity contribution in [3.05, 3.63) is 0 Å². The van der Waals surface area contributed by atoms with Gasteiger partial charge in [0.25, 0.3) is 0 Å². The Morgan fingerprint density at radius 1 is 1.19 bits per heavy atom. The van der Waals surface area contributed by atoms with Crippen LogP contribution < -0.4 is 5.32 Å². The van der Waals surface area contributed by atoms with Crippen LogP contribution in [0.4, 0.5) is 0 Å². The van der Waals surface area contributed by atoms with Crippen molar-refractivity contribution < 1.29 is 9.53 Å². The highest BCUT2D eigenvalue weighted by Gasteiger charge is 2.44. The molecule has 0 spiro atoms. The fourth-order valence-electron chi connectivity index (χ4n) is 4.47. The Morgan fingerprint density at radius 3 is 2.43 bits per heavy atom. The van der Waals surface area contributed by atoms with E-state index in [1.165, 1.54) is 45.6 Å². The summed E-state index contributed by atoms with van der Waals surface area (Å²) < 4.78 is 5.07. The maximum Gasteiger partial charge on any atom is 0.326 e. The van der Waals surface area contributed by atoms with Gasteiger partial charge in [0.05, 0.1) is 7.11 Å². The minimum atomic E-state index is -0.472. The molecule has 122 valence electrons. The first-order valence-electron chi connectivity index (χ1n) is 8.70. The predicted molar refractivity (Wildman–Crippen MR) is 85.3 cm³/mol. The quantitative estimate of drug-likeness (QED) is 0.792. The third-order valence-electron chi connectivity index (χ3n) is 5.66. The van der Waals surface area contributed by atoms with Gasteiger partial charge in [-0.15, -0.1) is 0 Å². The Bertz CT molecular complexity index is 342. The zero-order valence-electron chi connectivity index (χ0n) is 14.0. The van der Waals surface area contributed by atoms with Crippen molar-refractivity contribution in [3.8, 4) is 0 Å². The second kappa shape index (κ2) is 7.59. The van der Waals surface area contributed by atoms with E-state index in [0.717, 1.165) is 31.8 Å². The molecule has 0 amide bonds. The largest absolute Gasteiger partial charge is 0.468 e. The van der Waals surface area contributed by atoms with Crippen LogP contribution in [0.15, 0.2) is 0 Å². The third kappa shape index (κ3) is 3.59. The van der Waals surface area contributed by atoms with Gasteiger partial charge in [0.1, 0.15) is 5.54 Å². The van der Waals surface area contributed by atoms with E-state index in [9.17, 15) is 4.79 Å². The molecule has 2 rings (SSSR count). The molecule has 0 heterocycles. The van der Waals surface area contributed by atoms with E-state index in [2.05, 4.69) is 17.1 Å². The molecule has 2 saturated carbocycles. The van der Waals surface area contributed by atoms with Gasteiger partial charge in [0.2, 0.25) is 0 Å². The normalized spacial score (nSPS) is 31.3. The van der Waals surface area contributed by atoms with Crippen molar-refractivity contribution in [2.45, 2.75) is 82.3 Å². The molecule has 4 heteroatoms. The van der Waals surface area contributed by atoms with Crippen molar-refractivity contribution in [1.82, 2.24) is 10.2 Å². The average molecular weight is 296 g/mol. The standard InChI is InChI=1S/C17H32N2O2/c1-4-19(14-9-6-5-7-10-14)15-11-8-12-17(13-15,18-2)16(20)21-3/h14-15,18H,4-13H2,1-3H3. The number of likely N-dealkylation sites (N-methyl/N-ethyl adjacent to an activating group) is 1. The Labute approximate surface area is 129 Å². The van der Waals surface area contributed by atoms with Gasteiger partial charge in [-0.3, -0.25) is 9.69 Å². The lowest BCUT2D eigenvalue weighted by Crippen LogP contribution is -2.58. The van der Waals surface area contributed by atoms with Crippen LogP contribution in [0.1, 0.15) is 64.7 Å². The summed E-state index contributed by atoms with van der Waals surface area (Å²) in [5.41, 5.74) is -0.472. The summed E-state index contributed by atoms with van der Waals surface area (Å²) in [6.45, 7) is 3.36. The average Bonchev–Trinajstić information content (AvgIpc) is 2.56. The molecule has 0 aliphatic heterocycles. The van der Waals surface area contributed by atoms with Crippen LogP contribution in [-0.2, 0) is 9.53 Å². The summed E-state index contributed by atoms with van der Waals surface area (Å²) in [5, 5.41) is 3.28. The predicted octanol–water partition coefficient (Wildman–Crippen LogP) is 2.71. The fraction of sp³-hybridized carbons (Fsp3) is 0.941. The van der Waals surface area contributed by atoms with Crippen molar-refractivity contribution in [1.29, 1.82) is 0 Å². The molecule has 0 bridgehead atoms. The zero-order valence-corrected chi connectivity index (χ0v) is 14.0. The van der Waals surface area contributed by atoms with E-state index >= 15 is 0 Å². The van der Waals surface area contributed by atoms with E-state index in [4.69, 9.17) is 4.74 Å². The van der Waals surface area contributed by atoms with Gasteiger partial charge in [-0.2, -0.15) is 0 Å². The van der Waals surface area contributed by atoms with Crippen LogP contribution in [0, 0.1) is 0 Å². The fourth-order valence-corrected chi connectivity index (χ4v) is 4.47. The number of rotatable bonds is 5. The highest BCUT2D eigenvalue weighted by atomic mass is 16.5. The van der Waals surface area contributed by atoms with Crippen molar-refractivity contribution in [2.24, 2.45) is 0 Å². The second-order valence-corrected chi connectivity index (χ2v) is 6.70. The van der Waals surface area contributed by atoms with Gasteiger partial charge < -0.3 is 10.1 Å². The molecule has 4 nitrogen and oxygen atoms in total. The van der Waals surface area contributed by atoms with Crippen LogP contribution in [-0.4, -0.2) is 49.2 Å². The highest BCUT2D eigenvalue weighted by molar-refractivity contribution is 5.81.